The summed E-state index contributed by atoms with van der Waals surface area (Å²) >= 11 is 3.26. The van der Waals surface area contributed by atoms with Gasteiger partial charge in [-0.3, -0.25) is 4.79 Å². The van der Waals surface area contributed by atoms with E-state index in [4.69, 9.17) is 0 Å². The number of hydrogen-bond donors (Lipinski definition) is 0. The predicted octanol–water partition coefficient (Wildman–Crippen LogP) is 4.70. The molecule has 0 fully saturated rings. The molecule has 5 heteroatoms. The van der Waals surface area contributed by atoms with Crippen LogP contribution in [0.1, 0.15) is 18.1 Å². The molecule has 2 aromatic carbocycles. The maximum Gasteiger partial charge on any atom is 0.235 e. The van der Waals surface area contributed by atoms with E-state index in [1.165, 1.54) is 5.56 Å². The molecule has 1 atom stereocenters. The summed E-state index contributed by atoms with van der Waals surface area (Å²) < 4.78 is 0.975. The van der Waals surface area contributed by atoms with E-state index in [9.17, 15) is 4.79 Å². The lowest BCUT2D eigenvalue weighted by atomic mass is 10.2. The summed E-state index contributed by atoms with van der Waals surface area (Å²) in [6.45, 7) is 2.59. The van der Waals surface area contributed by atoms with Gasteiger partial charge in [-0.2, -0.15) is 0 Å². The van der Waals surface area contributed by atoms with Crippen LogP contribution in [0.5, 0.6) is 0 Å². The molecule has 0 saturated heterocycles. The lowest BCUT2D eigenvalue weighted by Gasteiger charge is -2.22. The second kappa shape index (κ2) is 7.90. The topological polar surface area (TPSA) is 32.7 Å². The van der Waals surface area contributed by atoms with Crippen LogP contribution in [0.2, 0.25) is 0 Å². The highest BCUT2D eigenvalue weighted by Crippen LogP contribution is 2.36. The predicted molar refractivity (Wildman–Crippen MR) is 105 cm³/mol. The monoisotopic (exact) mass is 356 g/mol. The van der Waals surface area contributed by atoms with Crippen molar-refractivity contribution in [3.8, 4) is 0 Å². The first kappa shape index (κ1) is 17.1. The van der Waals surface area contributed by atoms with Gasteiger partial charge in [-0.05, 0) is 24.1 Å². The number of rotatable bonds is 4. The molecule has 1 aliphatic heterocycles. The Morgan fingerprint density at radius 2 is 1.92 bits per heavy atom. The second-order valence-electron chi connectivity index (χ2n) is 5.74. The lowest BCUT2D eigenvalue weighted by molar-refractivity contribution is -0.129. The van der Waals surface area contributed by atoms with Gasteiger partial charge in [0.1, 0.15) is 4.38 Å². The van der Waals surface area contributed by atoms with Crippen molar-refractivity contribution < 1.29 is 4.79 Å². The lowest BCUT2D eigenvalue weighted by Crippen LogP contribution is -2.33. The highest BCUT2D eigenvalue weighted by molar-refractivity contribution is 8.39. The highest BCUT2D eigenvalue weighted by atomic mass is 32.2. The van der Waals surface area contributed by atoms with Crippen molar-refractivity contribution in [1.29, 1.82) is 0 Å². The summed E-state index contributed by atoms with van der Waals surface area (Å²) in [7, 11) is 1.86. The number of carbonyl (C=O) groups is 1. The molecule has 2 aromatic rings. The first-order valence-electron chi connectivity index (χ1n) is 7.88. The largest absolute Gasteiger partial charge is 0.340 e. The maximum absolute atomic E-state index is 12.6. The van der Waals surface area contributed by atoms with Crippen molar-refractivity contribution in [2.45, 2.75) is 24.5 Å². The first-order valence-corrected chi connectivity index (χ1v) is 9.75. The van der Waals surface area contributed by atoms with Gasteiger partial charge in [0, 0.05) is 19.3 Å². The van der Waals surface area contributed by atoms with Crippen LogP contribution in [-0.4, -0.2) is 27.5 Å². The van der Waals surface area contributed by atoms with Gasteiger partial charge < -0.3 is 4.90 Å². The minimum Gasteiger partial charge on any atom is -0.340 e. The fourth-order valence-electron chi connectivity index (χ4n) is 2.52. The molecule has 0 radical (unpaired) electrons. The number of thioether (sulfide) groups is 2. The van der Waals surface area contributed by atoms with Crippen LogP contribution in [0.25, 0.3) is 0 Å². The van der Waals surface area contributed by atoms with Gasteiger partial charge in [0.25, 0.3) is 0 Å². The Morgan fingerprint density at radius 1 is 1.21 bits per heavy atom. The average Bonchev–Trinajstić information content (AvgIpc) is 2.61. The Morgan fingerprint density at radius 3 is 2.71 bits per heavy atom. The van der Waals surface area contributed by atoms with Crippen molar-refractivity contribution in [3.05, 3.63) is 65.7 Å². The molecule has 0 aliphatic carbocycles. The zero-order valence-electron chi connectivity index (χ0n) is 13.8. The minimum atomic E-state index is -0.143. The van der Waals surface area contributed by atoms with E-state index in [1.807, 2.05) is 62.5 Å². The van der Waals surface area contributed by atoms with Gasteiger partial charge in [-0.1, -0.05) is 72.1 Å². The number of hydrogen-bond acceptors (Lipinski definition) is 4. The Balaban J connectivity index is 1.61. The SMILES string of the molecule is C[C@H](SC1=Nc2ccccc2CS1)C(=O)N(C)Cc1ccccc1. The minimum absolute atomic E-state index is 0.131. The van der Waals surface area contributed by atoms with Crippen LogP contribution < -0.4 is 0 Å². The second-order valence-corrected chi connectivity index (χ2v) is 8.29. The van der Waals surface area contributed by atoms with Gasteiger partial charge in [0.2, 0.25) is 5.91 Å². The normalized spacial score (nSPS) is 14.5. The van der Waals surface area contributed by atoms with E-state index in [0.29, 0.717) is 6.54 Å². The number of fused-ring (bicyclic) bond motifs is 1. The van der Waals surface area contributed by atoms with Crippen LogP contribution in [0, 0.1) is 0 Å². The van der Waals surface area contributed by atoms with E-state index >= 15 is 0 Å². The molecule has 0 saturated carbocycles. The Hall–Kier alpha value is -1.72. The third-order valence-electron chi connectivity index (χ3n) is 3.82. The molecule has 1 aliphatic rings. The third-order valence-corrected chi connectivity index (χ3v) is 6.10. The van der Waals surface area contributed by atoms with Crippen LogP contribution >= 0.6 is 23.5 Å². The van der Waals surface area contributed by atoms with Crippen LogP contribution in [0.15, 0.2) is 59.6 Å². The molecule has 0 bridgehead atoms. The molecule has 124 valence electrons. The molecule has 3 nitrogen and oxygen atoms in total. The van der Waals surface area contributed by atoms with Crippen LogP contribution in [0.4, 0.5) is 5.69 Å². The van der Waals surface area contributed by atoms with Gasteiger partial charge in [-0.15, -0.1) is 0 Å². The molecular weight excluding hydrogens is 336 g/mol. The summed E-state index contributed by atoms with van der Waals surface area (Å²) in [4.78, 5) is 19.1. The zero-order valence-corrected chi connectivity index (χ0v) is 15.4. The molecule has 0 N–H and O–H groups in total. The van der Waals surface area contributed by atoms with E-state index in [1.54, 1.807) is 28.4 Å². The molecule has 3 rings (SSSR count). The van der Waals surface area contributed by atoms with Gasteiger partial charge in [0.05, 0.1) is 10.9 Å². The van der Waals surface area contributed by atoms with Crippen molar-refractivity contribution >= 4 is 39.5 Å². The van der Waals surface area contributed by atoms with E-state index in [0.717, 1.165) is 21.4 Å². The van der Waals surface area contributed by atoms with Crippen LogP contribution in [0.3, 0.4) is 0 Å². The van der Waals surface area contributed by atoms with Crippen molar-refractivity contribution in [2.75, 3.05) is 7.05 Å². The Kier molecular flexibility index (Phi) is 5.63. The van der Waals surface area contributed by atoms with Crippen molar-refractivity contribution in [1.82, 2.24) is 4.90 Å². The van der Waals surface area contributed by atoms with Gasteiger partial charge >= 0.3 is 0 Å². The number of benzene rings is 2. The van der Waals surface area contributed by atoms with E-state index in [-0.39, 0.29) is 11.2 Å². The summed E-state index contributed by atoms with van der Waals surface area (Å²) in [5.74, 6) is 1.05. The number of para-hydroxylation sites is 1. The van der Waals surface area contributed by atoms with E-state index in [2.05, 4.69) is 11.1 Å². The van der Waals surface area contributed by atoms with E-state index < -0.39 is 0 Å². The summed E-state index contributed by atoms with van der Waals surface area (Å²) in [6, 6.07) is 18.2. The van der Waals surface area contributed by atoms with Crippen molar-refractivity contribution in [2.24, 2.45) is 4.99 Å². The molecule has 0 spiro atoms. The fourth-order valence-corrected chi connectivity index (χ4v) is 4.82. The molecule has 1 amide bonds. The molecular formula is C19H20N2OS2. The van der Waals surface area contributed by atoms with Crippen molar-refractivity contribution in [3.63, 3.8) is 0 Å². The number of aliphatic imine (C=N–C) groups is 1. The van der Waals surface area contributed by atoms with Crippen LogP contribution in [-0.2, 0) is 17.1 Å². The first-order chi connectivity index (χ1) is 11.6. The summed E-state index contributed by atoms with van der Waals surface area (Å²) in [5.41, 5.74) is 3.42. The molecule has 24 heavy (non-hydrogen) atoms. The average molecular weight is 357 g/mol. The standard InChI is InChI=1S/C19H20N2OS2/c1-14(18(22)21(2)12-15-8-4-3-5-9-15)24-19-20-17-11-7-6-10-16(17)13-23-19/h3-11,14H,12-13H2,1-2H3/t14-/m0/s1. The molecule has 1 heterocycles. The van der Waals surface area contributed by atoms with Gasteiger partial charge in [0.15, 0.2) is 0 Å². The molecule has 0 aromatic heterocycles. The Bertz CT molecular complexity index is 746. The number of carbonyl (C=O) groups excluding carboxylic acids is 1. The number of amides is 1. The maximum atomic E-state index is 12.6. The number of nitrogens with zero attached hydrogens (tertiary/aromatic N) is 2. The fraction of sp³-hybridized carbons (Fsp3) is 0.263. The quantitative estimate of drug-likeness (QED) is 0.796. The smallest absolute Gasteiger partial charge is 0.235 e. The summed E-state index contributed by atoms with van der Waals surface area (Å²) in [5, 5.41) is -0.143. The zero-order chi connectivity index (χ0) is 16.9. The highest BCUT2D eigenvalue weighted by Gasteiger charge is 2.22. The summed E-state index contributed by atoms with van der Waals surface area (Å²) in [6.07, 6.45) is 0. The Labute approximate surface area is 151 Å². The molecule has 0 unspecified atom stereocenters. The third kappa shape index (κ3) is 4.22. The van der Waals surface area contributed by atoms with Gasteiger partial charge in [-0.25, -0.2) is 4.99 Å².